The van der Waals surface area contributed by atoms with E-state index in [9.17, 15) is 4.79 Å². The summed E-state index contributed by atoms with van der Waals surface area (Å²) < 4.78 is 0. The van der Waals surface area contributed by atoms with Gasteiger partial charge in [0.2, 0.25) is 5.91 Å². The van der Waals surface area contributed by atoms with Crippen molar-refractivity contribution in [2.75, 3.05) is 13.1 Å². The summed E-state index contributed by atoms with van der Waals surface area (Å²) >= 11 is 0. The first-order chi connectivity index (χ1) is 9.22. The van der Waals surface area contributed by atoms with Crippen molar-refractivity contribution in [3.63, 3.8) is 0 Å². The highest BCUT2D eigenvalue weighted by Gasteiger charge is 2.21. The number of aryl methyl sites for hydroxylation is 2. The predicted octanol–water partition coefficient (Wildman–Crippen LogP) is 1.67. The van der Waals surface area contributed by atoms with Gasteiger partial charge in [-0.15, -0.1) is 0 Å². The zero-order chi connectivity index (χ0) is 13.2. The lowest BCUT2D eigenvalue weighted by Gasteiger charge is -2.30. The van der Waals surface area contributed by atoms with Gasteiger partial charge in [-0.3, -0.25) is 4.79 Å². The molecular weight excluding hydrogens is 236 g/mol. The molecule has 1 amide bonds. The Morgan fingerprint density at radius 3 is 2.95 bits per heavy atom. The van der Waals surface area contributed by atoms with Gasteiger partial charge in [-0.05, 0) is 48.8 Å². The van der Waals surface area contributed by atoms with Crippen LogP contribution in [0.3, 0.4) is 0 Å². The summed E-state index contributed by atoms with van der Waals surface area (Å²) in [6.45, 7) is 1.60. The van der Waals surface area contributed by atoms with Crippen LogP contribution in [0.25, 0.3) is 0 Å². The third kappa shape index (κ3) is 2.81. The molecule has 3 rings (SSSR count). The average molecular weight is 258 g/mol. The summed E-state index contributed by atoms with van der Waals surface area (Å²) in [7, 11) is 0. The highest BCUT2D eigenvalue weighted by atomic mass is 16.2. The second-order valence-corrected chi connectivity index (χ2v) is 5.88. The van der Waals surface area contributed by atoms with E-state index in [1.807, 2.05) is 4.90 Å². The third-order valence-corrected chi connectivity index (χ3v) is 4.33. The van der Waals surface area contributed by atoms with E-state index in [1.54, 1.807) is 0 Å². The number of carbonyl (C=O) groups excluding carboxylic acids is 1. The van der Waals surface area contributed by atoms with Crippen molar-refractivity contribution < 1.29 is 4.79 Å². The van der Waals surface area contributed by atoms with E-state index in [4.69, 9.17) is 5.73 Å². The molecule has 1 aromatic rings. The number of carbonyl (C=O) groups is 1. The first kappa shape index (κ1) is 12.7. The fourth-order valence-corrected chi connectivity index (χ4v) is 3.26. The van der Waals surface area contributed by atoms with Crippen molar-refractivity contribution in [3.8, 4) is 0 Å². The quantitative estimate of drug-likeness (QED) is 0.877. The van der Waals surface area contributed by atoms with E-state index in [-0.39, 0.29) is 11.9 Å². The fraction of sp³-hybridized carbons (Fsp3) is 0.562. The van der Waals surface area contributed by atoms with Crippen molar-refractivity contribution in [3.05, 3.63) is 34.9 Å². The number of rotatable bonds is 2. The van der Waals surface area contributed by atoms with Crippen molar-refractivity contribution in [2.45, 2.75) is 44.6 Å². The molecule has 19 heavy (non-hydrogen) atoms. The molecular formula is C16H22N2O. The average Bonchev–Trinajstić information content (AvgIpc) is 2.86. The van der Waals surface area contributed by atoms with Gasteiger partial charge in [0.1, 0.15) is 0 Å². The third-order valence-electron chi connectivity index (χ3n) is 4.33. The van der Waals surface area contributed by atoms with Gasteiger partial charge in [0.15, 0.2) is 0 Å². The Morgan fingerprint density at radius 1 is 1.26 bits per heavy atom. The standard InChI is InChI=1S/C16H22N2O/c17-15-5-2-8-18(11-15)16(19)10-12-6-7-13-3-1-4-14(13)9-12/h6-7,9,15H,1-5,8,10-11,17H2. The minimum atomic E-state index is 0.165. The Morgan fingerprint density at radius 2 is 2.11 bits per heavy atom. The lowest BCUT2D eigenvalue weighted by atomic mass is 10.0. The first-order valence-electron chi connectivity index (χ1n) is 7.36. The minimum absolute atomic E-state index is 0.165. The molecule has 0 saturated carbocycles. The molecule has 1 aliphatic carbocycles. The molecule has 1 heterocycles. The van der Waals surface area contributed by atoms with Gasteiger partial charge in [0, 0.05) is 19.1 Å². The van der Waals surface area contributed by atoms with Crippen molar-refractivity contribution in [1.82, 2.24) is 4.90 Å². The maximum atomic E-state index is 12.3. The van der Waals surface area contributed by atoms with E-state index < -0.39 is 0 Å². The predicted molar refractivity (Wildman–Crippen MR) is 76.0 cm³/mol. The second kappa shape index (κ2) is 5.33. The van der Waals surface area contributed by atoms with Gasteiger partial charge in [-0.25, -0.2) is 0 Å². The lowest BCUT2D eigenvalue weighted by molar-refractivity contribution is -0.131. The van der Waals surface area contributed by atoms with E-state index in [1.165, 1.54) is 30.4 Å². The van der Waals surface area contributed by atoms with Gasteiger partial charge in [0.05, 0.1) is 6.42 Å². The van der Waals surface area contributed by atoms with Crippen LogP contribution < -0.4 is 5.73 Å². The van der Waals surface area contributed by atoms with Crippen LogP contribution in [0, 0.1) is 0 Å². The molecule has 2 aliphatic rings. The summed E-state index contributed by atoms with van der Waals surface area (Å²) in [5.41, 5.74) is 10.0. The molecule has 0 radical (unpaired) electrons. The molecule has 3 nitrogen and oxygen atoms in total. The van der Waals surface area contributed by atoms with Crippen LogP contribution in [0.4, 0.5) is 0 Å². The molecule has 0 spiro atoms. The van der Waals surface area contributed by atoms with Gasteiger partial charge >= 0.3 is 0 Å². The zero-order valence-corrected chi connectivity index (χ0v) is 11.4. The number of amides is 1. The molecule has 0 aromatic heterocycles. The summed E-state index contributed by atoms with van der Waals surface area (Å²) in [5.74, 6) is 0.230. The van der Waals surface area contributed by atoms with E-state index >= 15 is 0 Å². The van der Waals surface area contributed by atoms with Crippen LogP contribution in [0.1, 0.15) is 36.0 Å². The summed E-state index contributed by atoms with van der Waals surface area (Å²) in [6.07, 6.45) is 6.24. The molecule has 1 fully saturated rings. The number of benzene rings is 1. The zero-order valence-electron chi connectivity index (χ0n) is 11.4. The van der Waals surface area contributed by atoms with Crippen LogP contribution in [0.15, 0.2) is 18.2 Å². The van der Waals surface area contributed by atoms with Crippen LogP contribution in [-0.2, 0) is 24.1 Å². The molecule has 1 saturated heterocycles. The van der Waals surface area contributed by atoms with Crippen LogP contribution in [0.2, 0.25) is 0 Å². The number of piperidine rings is 1. The van der Waals surface area contributed by atoms with Gasteiger partial charge < -0.3 is 10.6 Å². The summed E-state index contributed by atoms with van der Waals surface area (Å²) in [6, 6.07) is 6.71. The Hall–Kier alpha value is -1.35. The Balaban J connectivity index is 1.66. The van der Waals surface area contributed by atoms with E-state index in [0.29, 0.717) is 6.42 Å². The van der Waals surface area contributed by atoms with Crippen LogP contribution >= 0.6 is 0 Å². The number of fused-ring (bicyclic) bond motifs is 1. The smallest absolute Gasteiger partial charge is 0.227 e. The fourth-order valence-electron chi connectivity index (χ4n) is 3.26. The second-order valence-electron chi connectivity index (χ2n) is 5.88. The summed E-state index contributed by atoms with van der Waals surface area (Å²) in [4.78, 5) is 14.2. The number of nitrogens with zero attached hydrogens (tertiary/aromatic N) is 1. The van der Waals surface area contributed by atoms with E-state index in [0.717, 1.165) is 31.5 Å². The maximum absolute atomic E-state index is 12.3. The van der Waals surface area contributed by atoms with Crippen LogP contribution in [-0.4, -0.2) is 29.9 Å². The van der Waals surface area contributed by atoms with Gasteiger partial charge in [0.25, 0.3) is 0 Å². The minimum Gasteiger partial charge on any atom is -0.341 e. The largest absolute Gasteiger partial charge is 0.341 e. The number of hydrogen-bond acceptors (Lipinski definition) is 2. The van der Waals surface area contributed by atoms with Crippen LogP contribution in [0.5, 0.6) is 0 Å². The van der Waals surface area contributed by atoms with E-state index in [2.05, 4.69) is 18.2 Å². The highest BCUT2D eigenvalue weighted by molar-refractivity contribution is 5.79. The molecule has 102 valence electrons. The van der Waals surface area contributed by atoms with Crippen molar-refractivity contribution >= 4 is 5.91 Å². The molecule has 1 unspecified atom stereocenters. The molecule has 1 atom stereocenters. The number of hydrogen-bond donors (Lipinski definition) is 1. The van der Waals surface area contributed by atoms with Crippen molar-refractivity contribution in [1.29, 1.82) is 0 Å². The molecule has 1 aromatic carbocycles. The SMILES string of the molecule is NC1CCCN(C(=O)Cc2ccc3c(c2)CCC3)C1. The Kier molecular flexibility index (Phi) is 3.56. The maximum Gasteiger partial charge on any atom is 0.227 e. The number of likely N-dealkylation sites (tertiary alicyclic amines) is 1. The summed E-state index contributed by atoms with van der Waals surface area (Å²) in [5, 5.41) is 0. The normalized spacial score (nSPS) is 22.4. The molecule has 3 heteroatoms. The molecule has 1 aliphatic heterocycles. The molecule has 2 N–H and O–H groups in total. The highest BCUT2D eigenvalue weighted by Crippen LogP contribution is 2.23. The first-order valence-corrected chi connectivity index (χ1v) is 7.36. The lowest BCUT2D eigenvalue weighted by Crippen LogP contribution is -2.46. The topological polar surface area (TPSA) is 46.3 Å². The van der Waals surface area contributed by atoms with Crippen molar-refractivity contribution in [2.24, 2.45) is 5.73 Å². The number of nitrogens with two attached hydrogens (primary N) is 1. The van der Waals surface area contributed by atoms with Gasteiger partial charge in [-0.1, -0.05) is 18.2 Å². The Bertz CT molecular complexity index is 484. The molecule has 0 bridgehead atoms. The Labute approximate surface area is 114 Å². The monoisotopic (exact) mass is 258 g/mol. The van der Waals surface area contributed by atoms with Gasteiger partial charge in [-0.2, -0.15) is 0 Å².